The molecule has 0 aliphatic carbocycles. The van der Waals surface area contributed by atoms with Gasteiger partial charge in [-0.1, -0.05) is 0 Å². The molecule has 0 radical (unpaired) electrons. The Morgan fingerprint density at radius 1 is 1.70 bits per heavy atom. The van der Waals surface area contributed by atoms with E-state index in [0.29, 0.717) is 16.3 Å². The molecule has 0 unspecified atom stereocenters. The minimum absolute atomic E-state index is 0.345. The number of rotatable bonds is 1. The Labute approximate surface area is 62.0 Å². The number of amides is 1. The van der Waals surface area contributed by atoms with Crippen molar-refractivity contribution in [3.63, 3.8) is 0 Å². The molecule has 0 fully saturated rings. The zero-order valence-corrected chi connectivity index (χ0v) is 6.23. The molecule has 1 heterocycles. The first-order chi connectivity index (χ1) is 4.63. The van der Waals surface area contributed by atoms with E-state index in [0.717, 1.165) is 11.5 Å². The van der Waals surface area contributed by atoms with Crippen LogP contribution in [0.25, 0.3) is 0 Å². The van der Waals surface area contributed by atoms with Gasteiger partial charge in [0, 0.05) is 0 Å². The molecule has 1 rings (SSSR count). The van der Waals surface area contributed by atoms with Gasteiger partial charge in [0.2, 0.25) is 0 Å². The van der Waals surface area contributed by atoms with Gasteiger partial charge >= 0.3 is 0 Å². The number of aryl methyl sites for hydroxylation is 1. The summed E-state index contributed by atoms with van der Waals surface area (Å²) in [5.74, 6) is -0.511. The van der Waals surface area contributed by atoms with Gasteiger partial charge in [-0.3, -0.25) is 4.79 Å². The number of nitrogens with two attached hydrogens (primary N) is 2. The molecule has 10 heavy (non-hydrogen) atoms. The molecule has 0 spiro atoms. The molecule has 1 aromatic rings. The van der Waals surface area contributed by atoms with E-state index in [1.807, 2.05) is 0 Å². The number of hydrogen-bond donors (Lipinski definition) is 2. The van der Waals surface area contributed by atoms with Crippen LogP contribution in [-0.2, 0) is 0 Å². The highest BCUT2D eigenvalue weighted by atomic mass is 32.1. The van der Waals surface area contributed by atoms with Crippen LogP contribution in [0.2, 0.25) is 0 Å². The number of primary amides is 1. The Bertz CT molecular complexity index is 268. The van der Waals surface area contributed by atoms with Gasteiger partial charge in [0.15, 0.2) is 0 Å². The van der Waals surface area contributed by atoms with Crippen LogP contribution >= 0.6 is 11.5 Å². The van der Waals surface area contributed by atoms with Gasteiger partial charge in [-0.05, 0) is 18.5 Å². The normalized spacial score (nSPS) is 9.70. The lowest BCUT2D eigenvalue weighted by molar-refractivity contribution is 0.100. The monoisotopic (exact) mass is 157 g/mol. The lowest BCUT2D eigenvalue weighted by Gasteiger charge is -1.89. The molecule has 0 aromatic carbocycles. The maximum atomic E-state index is 10.5. The molecule has 0 aliphatic rings. The van der Waals surface area contributed by atoms with Crippen molar-refractivity contribution < 1.29 is 4.79 Å². The summed E-state index contributed by atoms with van der Waals surface area (Å²) in [6.07, 6.45) is 0. The molecular formula is C5H7N3OS. The molecular weight excluding hydrogens is 150 g/mol. The van der Waals surface area contributed by atoms with Crippen molar-refractivity contribution in [1.29, 1.82) is 0 Å². The number of aromatic nitrogens is 1. The Hall–Kier alpha value is -1.10. The van der Waals surface area contributed by atoms with Crippen LogP contribution in [0.4, 0.5) is 5.69 Å². The van der Waals surface area contributed by atoms with E-state index >= 15 is 0 Å². The van der Waals surface area contributed by atoms with Crippen molar-refractivity contribution in [2.75, 3.05) is 5.73 Å². The van der Waals surface area contributed by atoms with E-state index < -0.39 is 5.91 Å². The lowest BCUT2D eigenvalue weighted by atomic mass is 10.3. The Kier molecular flexibility index (Phi) is 1.58. The third kappa shape index (κ3) is 0.950. The number of carbonyl (C=O) groups is 1. The molecule has 0 atom stereocenters. The van der Waals surface area contributed by atoms with Crippen molar-refractivity contribution in [3.8, 4) is 0 Å². The van der Waals surface area contributed by atoms with E-state index in [2.05, 4.69) is 4.37 Å². The van der Waals surface area contributed by atoms with Crippen LogP contribution in [0.1, 0.15) is 15.4 Å². The third-order valence-corrected chi connectivity index (χ3v) is 2.10. The van der Waals surface area contributed by atoms with Gasteiger partial charge in [-0.25, -0.2) is 0 Å². The SMILES string of the molecule is Cc1nsc(C(N)=O)c1N. The van der Waals surface area contributed by atoms with Crippen molar-refractivity contribution in [2.45, 2.75) is 6.92 Å². The number of anilines is 1. The predicted molar refractivity (Wildman–Crippen MR) is 39.8 cm³/mol. The maximum Gasteiger partial charge on any atom is 0.262 e. The molecule has 4 nitrogen and oxygen atoms in total. The standard InChI is InChI=1S/C5H7N3OS/c1-2-3(6)4(5(7)9)10-8-2/h6H2,1H3,(H2,7,9). The molecule has 0 saturated carbocycles. The largest absolute Gasteiger partial charge is 0.396 e. The quantitative estimate of drug-likeness (QED) is 0.608. The fourth-order valence-corrected chi connectivity index (χ4v) is 1.22. The predicted octanol–water partition coefficient (Wildman–Crippen LogP) is 0.133. The van der Waals surface area contributed by atoms with Gasteiger partial charge in [-0.15, -0.1) is 0 Å². The van der Waals surface area contributed by atoms with Crippen molar-refractivity contribution >= 4 is 23.1 Å². The maximum absolute atomic E-state index is 10.5. The van der Waals surface area contributed by atoms with Crippen LogP contribution in [-0.4, -0.2) is 10.3 Å². The minimum Gasteiger partial charge on any atom is -0.396 e. The van der Waals surface area contributed by atoms with E-state index in [9.17, 15) is 4.79 Å². The van der Waals surface area contributed by atoms with Crippen LogP contribution in [0, 0.1) is 6.92 Å². The molecule has 0 bridgehead atoms. The summed E-state index contributed by atoms with van der Waals surface area (Å²) in [6, 6.07) is 0. The first-order valence-electron chi connectivity index (χ1n) is 2.64. The molecule has 1 amide bonds. The summed E-state index contributed by atoms with van der Waals surface area (Å²) >= 11 is 1.03. The summed E-state index contributed by atoms with van der Waals surface area (Å²) in [5, 5.41) is 0. The summed E-state index contributed by atoms with van der Waals surface area (Å²) < 4.78 is 3.85. The Balaban J connectivity index is 3.17. The smallest absolute Gasteiger partial charge is 0.262 e. The lowest BCUT2D eigenvalue weighted by Crippen LogP contribution is -2.10. The molecule has 1 aromatic heterocycles. The van der Waals surface area contributed by atoms with E-state index in [-0.39, 0.29) is 0 Å². The van der Waals surface area contributed by atoms with E-state index in [1.165, 1.54) is 0 Å². The second-order valence-corrected chi connectivity index (χ2v) is 2.65. The van der Waals surface area contributed by atoms with Crippen LogP contribution < -0.4 is 11.5 Å². The molecule has 0 saturated heterocycles. The first kappa shape index (κ1) is 7.01. The Morgan fingerprint density at radius 3 is 2.50 bits per heavy atom. The number of nitrogen functional groups attached to an aromatic ring is 1. The van der Waals surface area contributed by atoms with Crippen molar-refractivity contribution in [2.24, 2.45) is 5.73 Å². The Morgan fingerprint density at radius 2 is 2.30 bits per heavy atom. The van der Waals surface area contributed by atoms with Gasteiger partial charge < -0.3 is 11.5 Å². The van der Waals surface area contributed by atoms with Crippen molar-refractivity contribution in [3.05, 3.63) is 10.6 Å². The second-order valence-electron chi connectivity index (χ2n) is 1.88. The zero-order valence-electron chi connectivity index (χ0n) is 5.42. The summed E-state index contributed by atoms with van der Waals surface area (Å²) in [7, 11) is 0. The van der Waals surface area contributed by atoms with E-state index in [4.69, 9.17) is 11.5 Å². The van der Waals surface area contributed by atoms with Gasteiger partial charge in [-0.2, -0.15) is 4.37 Å². The topological polar surface area (TPSA) is 82.0 Å². The molecule has 54 valence electrons. The highest BCUT2D eigenvalue weighted by molar-refractivity contribution is 7.08. The highest BCUT2D eigenvalue weighted by Gasteiger charge is 2.10. The minimum atomic E-state index is -0.511. The fourth-order valence-electron chi connectivity index (χ4n) is 0.554. The summed E-state index contributed by atoms with van der Waals surface area (Å²) in [6.45, 7) is 1.73. The second kappa shape index (κ2) is 2.26. The van der Waals surface area contributed by atoms with Gasteiger partial charge in [0.25, 0.3) is 5.91 Å². The molecule has 4 N–H and O–H groups in total. The van der Waals surface area contributed by atoms with Gasteiger partial charge in [0.05, 0.1) is 11.4 Å². The van der Waals surface area contributed by atoms with Crippen molar-refractivity contribution in [1.82, 2.24) is 4.37 Å². The van der Waals surface area contributed by atoms with Crippen LogP contribution in [0.15, 0.2) is 0 Å². The number of carbonyl (C=O) groups excluding carboxylic acids is 1. The zero-order chi connectivity index (χ0) is 7.72. The molecule has 5 heteroatoms. The highest BCUT2D eigenvalue weighted by Crippen LogP contribution is 2.19. The summed E-state index contributed by atoms with van der Waals surface area (Å²) in [4.78, 5) is 10.9. The number of hydrogen-bond acceptors (Lipinski definition) is 4. The number of nitrogens with zero attached hydrogens (tertiary/aromatic N) is 1. The average Bonchev–Trinajstić information content (AvgIpc) is 2.14. The van der Waals surface area contributed by atoms with E-state index in [1.54, 1.807) is 6.92 Å². The summed E-state index contributed by atoms with van der Waals surface area (Å²) in [5.41, 5.74) is 11.5. The third-order valence-electron chi connectivity index (χ3n) is 1.13. The first-order valence-corrected chi connectivity index (χ1v) is 3.42. The average molecular weight is 157 g/mol. The van der Waals surface area contributed by atoms with Crippen LogP contribution in [0.3, 0.4) is 0 Å². The molecule has 0 aliphatic heterocycles. The van der Waals surface area contributed by atoms with Gasteiger partial charge in [0.1, 0.15) is 4.88 Å². The van der Waals surface area contributed by atoms with Crippen LogP contribution in [0.5, 0.6) is 0 Å². The fraction of sp³-hybridized carbons (Fsp3) is 0.200.